The number of nitrogens with zero attached hydrogens (tertiary/aromatic N) is 1. The molecule has 5 nitrogen and oxygen atoms in total. The van der Waals surface area contributed by atoms with E-state index in [0.717, 1.165) is 0 Å². The molecule has 1 unspecified atom stereocenters. The van der Waals surface area contributed by atoms with Gasteiger partial charge in [-0.25, -0.2) is 4.98 Å². The predicted octanol–water partition coefficient (Wildman–Crippen LogP) is 4.28. The van der Waals surface area contributed by atoms with Crippen molar-refractivity contribution in [3.8, 4) is 11.6 Å². The molecule has 2 aromatic rings. The summed E-state index contributed by atoms with van der Waals surface area (Å²) < 4.78 is 11.0. The number of pyridine rings is 1. The number of carbonyl (C=O) groups excluding carboxylic acids is 1. The van der Waals surface area contributed by atoms with E-state index in [2.05, 4.69) is 10.3 Å². The van der Waals surface area contributed by atoms with Crippen LogP contribution in [0.15, 0.2) is 42.6 Å². The number of nitrogens with one attached hydrogen (secondary N) is 1. The number of hydrogen-bond acceptors (Lipinski definition) is 4. The van der Waals surface area contributed by atoms with Crippen LogP contribution in [0.2, 0.25) is 5.02 Å². The molecule has 2 rings (SSSR count). The summed E-state index contributed by atoms with van der Waals surface area (Å²) in [6.07, 6.45) is 1.69. The fraction of sp³-hybridized carbons (Fsp3) is 0.294. The van der Waals surface area contributed by atoms with Crippen LogP contribution in [-0.4, -0.2) is 23.6 Å². The minimum atomic E-state index is -0.471. The Labute approximate surface area is 140 Å². The van der Waals surface area contributed by atoms with Crippen LogP contribution >= 0.6 is 11.6 Å². The van der Waals surface area contributed by atoms with E-state index in [-0.39, 0.29) is 5.91 Å². The molecule has 0 fully saturated rings. The van der Waals surface area contributed by atoms with Gasteiger partial charge in [-0.3, -0.25) is 4.79 Å². The molecule has 0 bridgehead atoms. The molecule has 0 spiro atoms. The van der Waals surface area contributed by atoms with Gasteiger partial charge in [-0.1, -0.05) is 30.7 Å². The van der Waals surface area contributed by atoms with Crippen LogP contribution in [0.4, 0.5) is 5.69 Å². The molecule has 1 aromatic carbocycles. The molecule has 0 aliphatic rings. The number of ether oxygens (including phenoxy) is 2. The molecule has 1 aromatic heterocycles. The van der Waals surface area contributed by atoms with Crippen LogP contribution in [-0.2, 0) is 9.53 Å². The number of aromatic nitrogens is 1. The Hall–Kier alpha value is -2.11. The number of halogens is 1. The number of rotatable bonds is 7. The monoisotopic (exact) mass is 334 g/mol. The lowest BCUT2D eigenvalue weighted by atomic mass is 10.2. The molecule has 23 heavy (non-hydrogen) atoms. The molecule has 1 heterocycles. The van der Waals surface area contributed by atoms with E-state index in [0.29, 0.717) is 35.4 Å². The van der Waals surface area contributed by atoms with E-state index in [1.165, 1.54) is 0 Å². The third-order valence-electron chi connectivity index (χ3n) is 3.08. The highest BCUT2D eigenvalue weighted by Gasteiger charge is 2.16. The maximum Gasteiger partial charge on any atom is 0.253 e. The first-order valence-electron chi connectivity index (χ1n) is 7.45. The summed E-state index contributed by atoms with van der Waals surface area (Å²) in [4.78, 5) is 16.3. The van der Waals surface area contributed by atoms with Crippen molar-refractivity contribution in [1.82, 2.24) is 4.98 Å². The van der Waals surface area contributed by atoms with Gasteiger partial charge >= 0.3 is 0 Å². The predicted molar refractivity (Wildman–Crippen MR) is 90.1 cm³/mol. The largest absolute Gasteiger partial charge is 0.437 e. The molecule has 122 valence electrons. The standard InChI is InChI=1S/C17H19ClN2O3/c1-3-14(22-4-2)17(21)20-12-9-10-19-16(11-12)23-15-8-6-5-7-13(15)18/h5-11,14H,3-4H2,1-2H3,(H,19,20,21). The molecule has 6 heteroatoms. The summed E-state index contributed by atoms with van der Waals surface area (Å²) in [7, 11) is 0. The van der Waals surface area contributed by atoms with Gasteiger partial charge in [-0.2, -0.15) is 0 Å². The van der Waals surface area contributed by atoms with Crippen molar-refractivity contribution in [2.45, 2.75) is 26.4 Å². The number of para-hydroxylation sites is 1. The average molecular weight is 335 g/mol. The first-order chi connectivity index (χ1) is 11.1. The number of amides is 1. The van der Waals surface area contributed by atoms with Crippen molar-refractivity contribution in [2.75, 3.05) is 11.9 Å². The summed E-state index contributed by atoms with van der Waals surface area (Å²) in [6, 6.07) is 10.4. The van der Waals surface area contributed by atoms with Crippen LogP contribution in [0, 0.1) is 0 Å². The number of hydrogen-bond donors (Lipinski definition) is 1. The summed E-state index contributed by atoms with van der Waals surface area (Å²) in [5.74, 6) is 0.662. The molecular weight excluding hydrogens is 316 g/mol. The van der Waals surface area contributed by atoms with Gasteiger partial charge in [-0.15, -0.1) is 0 Å². The minimum Gasteiger partial charge on any atom is -0.437 e. The maximum absolute atomic E-state index is 12.1. The first kappa shape index (κ1) is 17.2. The molecule has 1 amide bonds. The SMILES string of the molecule is CCOC(CC)C(=O)Nc1ccnc(Oc2ccccc2Cl)c1. The van der Waals surface area contributed by atoms with Gasteiger partial charge in [0.25, 0.3) is 5.91 Å². The van der Waals surface area contributed by atoms with E-state index in [9.17, 15) is 4.79 Å². The molecule has 0 aliphatic heterocycles. The maximum atomic E-state index is 12.1. The minimum absolute atomic E-state index is 0.191. The second-order valence-electron chi connectivity index (χ2n) is 4.76. The van der Waals surface area contributed by atoms with Gasteiger partial charge in [0.15, 0.2) is 0 Å². The van der Waals surface area contributed by atoms with Crippen molar-refractivity contribution >= 4 is 23.2 Å². The zero-order valence-electron chi connectivity index (χ0n) is 13.1. The van der Waals surface area contributed by atoms with Gasteiger partial charge in [0.2, 0.25) is 5.88 Å². The number of benzene rings is 1. The van der Waals surface area contributed by atoms with Gasteiger partial charge in [0.05, 0.1) is 5.02 Å². The third-order valence-corrected chi connectivity index (χ3v) is 3.40. The summed E-state index contributed by atoms with van der Waals surface area (Å²) in [5.41, 5.74) is 0.588. The van der Waals surface area contributed by atoms with Gasteiger partial charge in [0, 0.05) is 24.6 Å². The van der Waals surface area contributed by atoms with E-state index >= 15 is 0 Å². The van der Waals surface area contributed by atoms with Crippen molar-refractivity contribution in [3.63, 3.8) is 0 Å². The van der Waals surface area contributed by atoms with E-state index in [1.807, 2.05) is 26.0 Å². The zero-order valence-corrected chi connectivity index (χ0v) is 13.8. The Bertz CT molecular complexity index is 664. The molecule has 0 aliphatic carbocycles. The normalized spacial score (nSPS) is 11.8. The lowest BCUT2D eigenvalue weighted by molar-refractivity contribution is -0.127. The molecule has 1 N–H and O–H groups in total. The lowest BCUT2D eigenvalue weighted by Gasteiger charge is -2.15. The highest BCUT2D eigenvalue weighted by atomic mass is 35.5. The second-order valence-corrected chi connectivity index (χ2v) is 5.16. The third kappa shape index (κ3) is 4.94. The Morgan fingerprint density at radius 2 is 2.09 bits per heavy atom. The second kappa shape index (κ2) is 8.50. The molecule has 1 atom stereocenters. The van der Waals surface area contributed by atoms with Gasteiger partial charge < -0.3 is 14.8 Å². The number of carbonyl (C=O) groups is 1. The molecule has 0 saturated heterocycles. The first-order valence-corrected chi connectivity index (χ1v) is 7.82. The Morgan fingerprint density at radius 1 is 1.30 bits per heavy atom. The van der Waals surface area contributed by atoms with E-state index in [1.54, 1.807) is 30.5 Å². The van der Waals surface area contributed by atoms with Gasteiger partial charge in [0.1, 0.15) is 11.9 Å². The Balaban J connectivity index is 2.08. The van der Waals surface area contributed by atoms with Crippen molar-refractivity contribution in [3.05, 3.63) is 47.6 Å². The van der Waals surface area contributed by atoms with Crippen LogP contribution < -0.4 is 10.1 Å². The Morgan fingerprint density at radius 3 is 2.78 bits per heavy atom. The van der Waals surface area contributed by atoms with E-state index < -0.39 is 6.10 Å². The number of anilines is 1. The van der Waals surface area contributed by atoms with Crippen LogP contribution in [0.5, 0.6) is 11.6 Å². The Kier molecular flexibility index (Phi) is 6.38. The summed E-state index contributed by atoms with van der Waals surface area (Å²) in [5, 5.41) is 3.29. The fourth-order valence-corrected chi connectivity index (χ4v) is 2.16. The van der Waals surface area contributed by atoms with E-state index in [4.69, 9.17) is 21.1 Å². The van der Waals surface area contributed by atoms with Gasteiger partial charge in [-0.05, 0) is 31.5 Å². The lowest BCUT2D eigenvalue weighted by Crippen LogP contribution is -2.29. The van der Waals surface area contributed by atoms with Crippen molar-refractivity contribution in [1.29, 1.82) is 0 Å². The molecule has 0 saturated carbocycles. The van der Waals surface area contributed by atoms with Crippen molar-refractivity contribution in [2.24, 2.45) is 0 Å². The smallest absolute Gasteiger partial charge is 0.253 e. The topological polar surface area (TPSA) is 60.5 Å². The highest BCUT2D eigenvalue weighted by Crippen LogP contribution is 2.28. The van der Waals surface area contributed by atoms with Crippen LogP contribution in [0.1, 0.15) is 20.3 Å². The highest BCUT2D eigenvalue weighted by molar-refractivity contribution is 6.32. The summed E-state index contributed by atoms with van der Waals surface area (Å²) in [6.45, 7) is 4.25. The zero-order chi connectivity index (χ0) is 16.7. The average Bonchev–Trinajstić information content (AvgIpc) is 2.55. The van der Waals surface area contributed by atoms with Crippen LogP contribution in [0.3, 0.4) is 0 Å². The molecule has 0 radical (unpaired) electrons. The summed E-state index contributed by atoms with van der Waals surface area (Å²) >= 11 is 6.05. The van der Waals surface area contributed by atoms with Crippen LogP contribution in [0.25, 0.3) is 0 Å². The molecular formula is C17H19ClN2O3. The quantitative estimate of drug-likeness (QED) is 0.821. The fourth-order valence-electron chi connectivity index (χ4n) is 1.99. The van der Waals surface area contributed by atoms with Crippen molar-refractivity contribution < 1.29 is 14.3 Å².